The maximum Gasteiger partial charge on any atom is 0.160 e. The highest BCUT2D eigenvalue weighted by atomic mass is 16.5. The van der Waals surface area contributed by atoms with Gasteiger partial charge in [-0.05, 0) is 86.9 Å². The number of ether oxygens (including phenoxy) is 2. The molecule has 9 aromatic rings. The number of aromatic nitrogens is 2. The molecule has 0 fully saturated rings. The van der Waals surface area contributed by atoms with Crippen LogP contribution < -0.4 is 14.4 Å². The molecule has 51 heavy (non-hydrogen) atoms. The number of nitrogens with zero attached hydrogens (tertiary/aromatic N) is 3. The molecule has 238 valence electrons. The summed E-state index contributed by atoms with van der Waals surface area (Å²) in [6.07, 6.45) is 0. The molecular weight excluding hydrogens is 627 g/mol. The van der Waals surface area contributed by atoms with E-state index in [1.54, 1.807) is 0 Å². The van der Waals surface area contributed by atoms with Crippen molar-refractivity contribution in [3.05, 3.63) is 164 Å². The molecule has 0 bridgehead atoms. The standard InChI is InChI=1S/C46H27N3O2/c1-3-11-30-21-34(19-17-28(30)9-1)37-27-38(35-20-18-29-10-2-4-12-31(29)22-35)48-46(47-37)36-25-43-45-44(26-36)51-42-24-33-14-6-5-13-32(33)23-40(42)49(45)39-15-7-8-16-41(39)50-43/h1-27H. The van der Waals surface area contributed by atoms with E-state index in [1.807, 2.05) is 30.3 Å². The molecule has 2 aliphatic heterocycles. The van der Waals surface area contributed by atoms with Crippen molar-refractivity contribution in [2.45, 2.75) is 0 Å². The predicted molar refractivity (Wildman–Crippen MR) is 206 cm³/mol. The van der Waals surface area contributed by atoms with Crippen LogP contribution in [0.25, 0.3) is 66.2 Å². The molecule has 0 saturated carbocycles. The van der Waals surface area contributed by atoms with Gasteiger partial charge in [-0.25, -0.2) is 9.97 Å². The Morgan fingerprint density at radius 1 is 0.353 bits per heavy atom. The largest absolute Gasteiger partial charge is 0.453 e. The Hall–Kier alpha value is -6.98. The summed E-state index contributed by atoms with van der Waals surface area (Å²) in [6, 6.07) is 56.8. The third kappa shape index (κ3) is 4.49. The Morgan fingerprint density at radius 3 is 1.49 bits per heavy atom. The summed E-state index contributed by atoms with van der Waals surface area (Å²) in [5.41, 5.74) is 7.32. The number of hydrogen-bond acceptors (Lipinski definition) is 5. The molecule has 2 aliphatic rings. The topological polar surface area (TPSA) is 47.5 Å². The van der Waals surface area contributed by atoms with Crippen molar-refractivity contribution < 1.29 is 9.47 Å². The Morgan fingerprint density at radius 2 is 0.863 bits per heavy atom. The molecule has 0 atom stereocenters. The molecule has 0 amide bonds. The van der Waals surface area contributed by atoms with Crippen LogP contribution in [0.4, 0.5) is 17.1 Å². The summed E-state index contributed by atoms with van der Waals surface area (Å²) >= 11 is 0. The second-order valence-corrected chi connectivity index (χ2v) is 13.1. The van der Waals surface area contributed by atoms with E-state index in [0.29, 0.717) is 17.3 Å². The van der Waals surface area contributed by atoms with Crippen molar-refractivity contribution >= 4 is 49.4 Å². The summed E-state index contributed by atoms with van der Waals surface area (Å²) in [7, 11) is 0. The Bertz CT molecular complexity index is 2800. The first-order valence-corrected chi connectivity index (χ1v) is 17.1. The van der Waals surface area contributed by atoms with Gasteiger partial charge in [-0.2, -0.15) is 0 Å². The predicted octanol–water partition coefficient (Wildman–Crippen LogP) is 12.6. The summed E-state index contributed by atoms with van der Waals surface area (Å²) in [5, 5.41) is 6.95. The molecular formula is C46H27N3O2. The van der Waals surface area contributed by atoms with E-state index < -0.39 is 0 Å². The van der Waals surface area contributed by atoms with Gasteiger partial charge in [0, 0.05) is 16.7 Å². The fraction of sp³-hybridized carbons (Fsp3) is 0. The van der Waals surface area contributed by atoms with Crippen molar-refractivity contribution in [3.8, 4) is 56.9 Å². The molecule has 5 heteroatoms. The van der Waals surface area contributed by atoms with Crippen LogP contribution in [-0.2, 0) is 0 Å². The van der Waals surface area contributed by atoms with Crippen molar-refractivity contribution in [3.63, 3.8) is 0 Å². The normalized spacial score (nSPS) is 12.6. The summed E-state index contributed by atoms with van der Waals surface area (Å²) in [4.78, 5) is 12.7. The van der Waals surface area contributed by atoms with Gasteiger partial charge in [0.25, 0.3) is 0 Å². The maximum absolute atomic E-state index is 6.76. The van der Waals surface area contributed by atoms with Crippen LogP contribution in [0.1, 0.15) is 0 Å². The molecule has 5 nitrogen and oxygen atoms in total. The van der Waals surface area contributed by atoms with Gasteiger partial charge in [-0.15, -0.1) is 0 Å². The zero-order chi connectivity index (χ0) is 33.5. The lowest BCUT2D eigenvalue weighted by Crippen LogP contribution is -2.20. The van der Waals surface area contributed by atoms with Crippen LogP contribution in [0.3, 0.4) is 0 Å². The second-order valence-electron chi connectivity index (χ2n) is 13.1. The zero-order valence-corrected chi connectivity index (χ0v) is 27.2. The quantitative estimate of drug-likeness (QED) is 0.190. The van der Waals surface area contributed by atoms with E-state index in [4.69, 9.17) is 19.4 Å². The van der Waals surface area contributed by atoms with E-state index in [9.17, 15) is 0 Å². The van der Waals surface area contributed by atoms with Crippen molar-refractivity contribution in [1.82, 2.24) is 9.97 Å². The van der Waals surface area contributed by atoms with Crippen molar-refractivity contribution in [2.24, 2.45) is 0 Å². The monoisotopic (exact) mass is 653 g/mol. The molecule has 1 aromatic heterocycles. The molecule has 8 aromatic carbocycles. The summed E-state index contributed by atoms with van der Waals surface area (Å²) in [6.45, 7) is 0. The average molecular weight is 654 g/mol. The number of rotatable bonds is 3. The first kappa shape index (κ1) is 27.9. The first-order chi connectivity index (χ1) is 25.2. The Labute approximate surface area is 293 Å². The number of hydrogen-bond donors (Lipinski definition) is 0. The fourth-order valence-corrected chi connectivity index (χ4v) is 7.46. The zero-order valence-electron chi connectivity index (χ0n) is 27.2. The molecule has 3 heterocycles. The molecule has 0 spiro atoms. The SMILES string of the molecule is c1ccc2c(c1)Oc1cc(-c3nc(-c4ccc5ccccc5c4)cc(-c4ccc5ccccc5c4)n3)cc3c1N2c1cc2ccccc2cc1O3. The van der Waals surface area contributed by atoms with Crippen LogP contribution >= 0.6 is 0 Å². The number of fused-ring (bicyclic) bond motifs is 7. The average Bonchev–Trinajstić information content (AvgIpc) is 3.19. The molecule has 0 radical (unpaired) electrons. The lowest BCUT2D eigenvalue weighted by molar-refractivity contribution is 0.446. The highest BCUT2D eigenvalue weighted by Gasteiger charge is 2.35. The maximum atomic E-state index is 6.76. The molecule has 0 saturated heterocycles. The van der Waals surface area contributed by atoms with Gasteiger partial charge < -0.3 is 9.47 Å². The van der Waals surface area contributed by atoms with E-state index in [-0.39, 0.29) is 0 Å². The highest BCUT2D eigenvalue weighted by molar-refractivity contribution is 5.99. The molecule has 0 N–H and O–H groups in total. The van der Waals surface area contributed by atoms with Crippen LogP contribution in [0, 0.1) is 0 Å². The third-order valence-corrected chi connectivity index (χ3v) is 9.95. The second kappa shape index (κ2) is 10.8. The van der Waals surface area contributed by atoms with Gasteiger partial charge in [0.05, 0.1) is 22.8 Å². The fourth-order valence-electron chi connectivity index (χ4n) is 7.46. The van der Waals surface area contributed by atoms with E-state index in [0.717, 1.165) is 78.2 Å². The Kier molecular flexibility index (Phi) is 5.89. The minimum absolute atomic E-state index is 0.588. The molecule has 0 unspecified atom stereocenters. The number of anilines is 3. The molecule has 0 aliphatic carbocycles. The van der Waals surface area contributed by atoms with E-state index in [1.165, 1.54) is 10.8 Å². The third-order valence-electron chi connectivity index (χ3n) is 9.95. The van der Waals surface area contributed by atoms with Crippen LogP contribution in [0.5, 0.6) is 23.0 Å². The lowest BCUT2D eigenvalue weighted by Gasteiger charge is -2.38. The first-order valence-electron chi connectivity index (χ1n) is 17.1. The Balaban J connectivity index is 1.13. The van der Waals surface area contributed by atoms with Gasteiger partial charge >= 0.3 is 0 Å². The number of para-hydroxylation sites is 2. The summed E-state index contributed by atoms with van der Waals surface area (Å²) < 4.78 is 13.4. The van der Waals surface area contributed by atoms with Gasteiger partial charge in [-0.1, -0.05) is 109 Å². The summed E-state index contributed by atoms with van der Waals surface area (Å²) in [5.74, 6) is 3.52. The van der Waals surface area contributed by atoms with Gasteiger partial charge in [0.15, 0.2) is 28.8 Å². The minimum atomic E-state index is 0.588. The molecule has 11 rings (SSSR count). The van der Waals surface area contributed by atoms with Gasteiger partial charge in [0.1, 0.15) is 5.69 Å². The van der Waals surface area contributed by atoms with Crippen LogP contribution in [-0.4, -0.2) is 9.97 Å². The van der Waals surface area contributed by atoms with E-state index >= 15 is 0 Å². The smallest absolute Gasteiger partial charge is 0.160 e. The van der Waals surface area contributed by atoms with Crippen molar-refractivity contribution in [1.29, 1.82) is 0 Å². The van der Waals surface area contributed by atoms with E-state index in [2.05, 4.69) is 138 Å². The highest BCUT2D eigenvalue weighted by Crippen LogP contribution is 2.60. The van der Waals surface area contributed by atoms with Crippen LogP contribution in [0.2, 0.25) is 0 Å². The van der Waals surface area contributed by atoms with Crippen LogP contribution in [0.15, 0.2) is 164 Å². The lowest BCUT2D eigenvalue weighted by atomic mass is 10.0. The minimum Gasteiger partial charge on any atom is -0.453 e. The van der Waals surface area contributed by atoms with Gasteiger partial charge in [-0.3, -0.25) is 4.90 Å². The van der Waals surface area contributed by atoms with Crippen molar-refractivity contribution in [2.75, 3.05) is 4.90 Å². The van der Waals surface area contributed by atoms with Gasteiger partial charge in [0.2, 0.25) is 0 Å². The number of benzene rings is 8.